The Bertz CT molecular complexity index is 402. The largest absolute Gasteiger partial charge is 0.399 e. The molecule has 0 aliphatic heterocycles. The number of amides is 1. The minimum atomic E-state index is -0.424. The third kappa shape index (κ3) is 4.07. The highest BCUT2D eigenvalue weighted by atomic mass is 16.3. The molecule has 0 saturated heterocycles. The van der Waals surface area contributed by atoms with Crippen molar-refractivity contribution in [3.8, 4) is 0 Å². The van der Waals surface area contributed by atoms with Crippen LogP contribution in [-0.2, 0) is 0 Å². The molecule has 0 bridgehead atoms. The SMILES string of the molecule is Cc1ccc(N)cc1C(=O)NC(C)CC(C)O. The molecule has 0 aliphatic rings. The Morgan fingerprint density at radius 1 is 1.47 bits per heavy atom. The van der Waals surface area contributed by atoms with Crippen molar-refractivity contribution < 1.29 is 9.90 Å². The lowest BCUT2D eigenvalue weighted by molar-refractivity contribution is 0.0922. The summed E-state index contributed by atoms with van der Waals surface area (Å²) in [6, 6.07) is 5.19. The van der Waals surface area contributed by atoms with E-state index in [0.29, 0.717) is 17.7 Å². The molecule has 1 aromatic rings. The number of aryl methyl sites for hydroxylation is 1. The molecule has 1 amide bonds. The number of nitrogen functional groups attached to an aromatic ring is 1. The van der Waals surface area contributed by atoms with Gasteiger partial charge in [0.1, 0.15) is 0 Å². The Hall–Kier alpha value is -1.55. The molecule has 17 heavy (non-hydrogen) atoms. The number of aliphatic hydroxyl groups is 1. The maximum absolute atomic E-state index is 12.0. The number of carbonyl (C=O) groups excluding carboxylic acids is 1. The average molecular weight is 236 g/mol. The molecule has 0 fully saturated rings. The highest BCUT2D eigenvalue weighted by Crippen LogP contribution is 2.13. The van der Waals surface area contributed by atoms with E-state index < -0.39 is 6.10 Å². The molecule has 4 N–H and O–H groups in total. The number of nitrogens with one attached hydrogen (secondary N) is 1. The lowest BCUT2D eigenvalue weighted by Gasteiger charge is -2.16. The molecule has 2 atom stereocenters. The molecule has 0 heterocycles. The third-order valence-electron chi connectivity index (χ3n) is 2.58. The predicted octanol–water partition coefficient (Wildman–Crippen LogP) is 1.47. The number of rotatable bonds is 4. The van der Waals surface area contributed by atoms with Crippen LogP contribution in [0.3, 0.4) is 0 Å². The van der Waals surface area contributed by atoms with Gasteiger partial charge >= 0.3 is 0 Å². The molecule has 1 rings (SSSR count). The quantitative estimate of drug-likeness (QED) is 0.693. The number of benzene rings is 1. The molecule has 2 unspecified atom stereocenters. The zero-order chi connectivity index (χ0) is 13.0. The molecule has 0 saturated carbocycles. The van der Waals surface area contributed by atoms with Crippen molar-refractivity contribution in [1.29, 1.82) is 0 Å². The monoisotopic (exact) mass is 236 g/mol. The van der Waals surface area contributed by atoms with Crippen LogP contribution in [0.4, 0.5) is 5.69 Å². The first kappa shape index (κ1) is 13.5. The third-order valence-corrected chi connectivity index (χ3v) is 2.58. The van der Waals surface area contributed by atoms with Crippen molar-refractivity contribution in [2.75, 3.05) is 5.73 Å². The molecule has 4 heteroatoms. The van der Waals surface area contributed by atoms with Crippen LogP contribution < -0.4 is 11.1 Å². The van der Waals surface area contributed by atoms with E-state index in [4.69, 9.17) is 5.73 Å². The summed E-state index contributed by atoms with van der Waals surface area (Å²) in [5.41, 5.74) is 7.71. The fraction of sp³-hybridized carbons (Fsp3) is 0.462. The van der Waals surface area contributed by atoms with Gasteiger partial charge in [-0.3, -0.25) is 4.79 Å². The normalized spacial score (nSPS) is 14.1. The van der Waals surface area contributed by atoms with Gasteiger partial charge in [0.05, 0.1) is 6.10 Å². The number of carbonyl (C=O) groups is 1. The van der Waals surface area contributed by atoms with Crippen molar-refractivity contribution in [3.63, 3.8) is 0 Å². The molecule has 0 aliphatic carbocycles. The zero-order valence-electron chi connectivity index (χ0n) is 10.5. The first-order valence-corrected chi connectivity index (χ1v) is 5.75. The van der Waals surface area contributed by atoms with Crippen LogP contribution in [0.1, 0.15) is 36.2 Å². The minimum absolute atomic E-state index is 0.0664. The van der Waals surface area contributed by atoms with Gasteiger partial charge in [-0.15, -0.1) is 0 Å². The van der Waals surface area contributed by atoms with Crippen LogP contribution in [0.15, 0.2) is 18.2 Å². The zero-order valence-corrected chi connectivity index (χ0v) is 10.5. The van der Waals surface area contributed by atoms with Gasteiger partial charge in [0.25, 0.3) is 5.91 Å². The molecule has 4 nitrogen and oxygen atoms in total. The Morgan fingerprint density at radius 2 is 2.12 bits per heavy atom. The van der Waals surface area contributed by atoms with Gasteiger partial charge < -0.3 is 16.2 Å². The Balaban J connectivity index is 2.73. The fourth-order valence-corrected chi connectivity index (χ4v) is 1.76. The second kappa shape index (κ2) is 5.68. The van der Waals surface area contributed by atoms with Crippen molar-refractivity contribution in [2.45, 2.75) is 39.3 Å². The van der Waals surface area contributed by atoms with Gasteiger partial charge in [0.15, 0.2) is 0 Å². The second-order valence-electron chi connectivity index (χ2n) is 4.53. The Morgan fingerprint density at radius 3 is 2.71 bits per heavy atom. The highest BCUT2D eigenvalue weighted by Gasteiger charge is 2.13. The Kier molecular flexibility index (Phi) is 4.52. The summed E-state index contributed by atoms with van der Waals surface area (Å²) in [5, 5.41) is 12.1. The molecule has 0 aromatic heterocycles. The highest BCUT2D eigenvalue weighted by molar-refractivity contribution is 5.96. The molecule has 0 spiro atoms. The molecule has 94 valence electrons. The summed E-state index contributed by atoms with van der Waals surface area (Å²) >= 11 is 0. The summed E-state index contributed by atoms with van der Waals surface area (Å²) in [6.45, 7) is 5.44. The topological polar surface area (TPSA) is 75.4 Å². The lowest BCUT2D eigenvalue weighted by atomic mass is 10.1. The van der Waals surface area contributed by atoms with Crippen molar-refractivity contribution in [2.24, 2.45) is 0 Å². The van der Waals surface area contributed by atoms with E-state index in [1.165, 1.54) is 0 Å². The van der Waals surface area contributed by atoms with Crippen molar-refractivity contribution in [3.05, 3.63) is 29.3 Å². The molecular weight excluding hydrogens is 216 g/mol. The van der Waals surface area contributed by atoms with Crippen LogP contribution in [0, 0.1) is 6.92 Å². The van der Waals surface area contributed by atoms with Gasteiger partial charge in [-0.2, -0.15) is 0 Å². The van der Waals surface area contributed by atoms with Crippen LogP contribution in [0.2, 0.25) is 0 Å². The van der Waals surface area contributed by atoms with E-state index >= 15 is 0 Å². The standard InChI is InChI=1S/C13H20N2O2/c1-8-4-5-11(14)7-12(8)13(17)15-9(2)6-10(3)16/h4-5,7,9-10,16H,6,14H2,1-3H3,(H,15,17). The lowest BCUT2D eigenvalue weighted by Crippen LogP contribution is -2.35. The van der Waals surface area contributed by atoms with Crippen molar-refractivity contribution in [1.82, 2.24) is 5.32 Å². The summed E-state index contributed by atoms with van der Waals surface area (Å²) in [5.74, 6) is -0.150. The fourth-order valence-electron chi connectivity index (χ4n) is 1.76. The van der Waals surface area contributed by atoms with Gasteiger partial charge in [-0.05, 0) is 44.9 Å². The summed E-state index contributed by atoms with van der Waals surface area (Å²) in [6.07, 6.45) is 0.111. The first-order chi connectivity index (χ1) is 7.90. The van der Waals surface area contributed by atoms with Crippen LogP contribution in [0.25, 0.3) is 0 Å². The van der Waals surface area contributed by atoms with Crippen LogP contribution >= 0.6 is 0 Å². The first-order valence-electron chi connectivity index (χ1n) is 5.75. The average Bonchev–Trinajstić information content (AvgIpc) is 2.20. The predicted molar refractivity (Wildman–Crippen MR) is 68.8 cm³/mol. The molecule has 0 radical (unpaired) electrons. The smallest absolute Gasteiger partial charge is 0.251 e. The maximum Gasteiger partial charge on any atom is 0.251 e. The van der Waals surface area contributed by atoms with Gasteiger partial charge in [0, 0.05) is 17.3 Å². The summed E-state index contributed by atoms with van der Waals surface area (Å²) in [7, 11) is 0. The van der Waals surface area contributed by atoms with Gasteiger partial charge in [-0.1, -0.05) is 6.07 Å². The van der Waals surface area contributed by atoms with E-state index in [1.807, 2.05) is 19.9 Å². The maximum atomic E-state index is 12.0. The molecular formula is C13H20N2O2. The van der Waals surface area contributed by atoms with Crippen LogP contribution in [0.5, 0.6) is 0 Å². The minimum Gasteiger partial charge on any atom is -0.399 e. The van der Waals surface area contributed by atoms with E-state index in [2.05, 4.69) is 5.32 Å². The van der Waals surface area contributed by atoms with Gasteiger partial charge in [0.2, 0.25) is 0 Å². The Labute approximate surface area is 102 Å². The van der Waals surface area contributed by atoms with Gasteiger partial charge in [-0.25, -0.2) is 0 Å². The number of hydrogen-bond acceptors (Lipinski definition) is 3. The number of hydrogen-bond donors (Lipinski definition) is 3. The van der Waals surface area contributed by atoms with E-state index in [9.17, 15) is 9.90 Å². The summed E-state index contributed by atoms with van der Waals surface area (Å²) < 4.78 is 0. The number of aliphatic hydroxyl groups excluding tert-OH is 1. The second-order valence-corrected chi connectivity index (χ2v) is 4.53. The summed E-state index contributed by atoms with van der Waals surface area (Å²) in [4.78, 5) is 12.0. The van der Waals surface area contributed by atoms with Crippen molar-refractivity contribution >= 4 is 11.6 Å². The number of nitrogens with two attached hydrogens (primary N) is 1. The van der Waals surface area contributed by atoms with E-state index in [1.54, 1.807) is 19.1 Å². The molecule has 1 aromatic carbocycles. The van der Waals surface area contributed by atoms with Crippen LogP contribution in [-0.4, -0.2) is 23.2 Å². The van der Waals surface area contributed by atoms with E-state index in [0.717, 1.165) is 5.56 Å². The number of anilines is 1. The van der Waals surface area contributed by atoms with E-state index in [-0.39, 0.29) is 11.9 Å².